The fraction of sp³-hybridized carbons (Fsp3) is 0.273. The van der Waals surface area contributed by atoms with Gasteiger partial charge >= 0.3 is 0 Å². The van der Waals surface area contributed by atoms with E-state index in [0.29, 0.717) is 17.1 Å². The number of aliphatic hydroxyl groups is 1. The number of ether oxygens (including phenoxy) is 1. The van der Waals surface area contributed by atoms with Crippen LogP contribution in [-0.4, -0.2) is 27.0 Å². The quantitative estimate of drug-likeness (QED) is 0.808. The van der Waals surface area contributed by atoms with Gasteiger partial charge in [-0.3, -0.25) is 9.67 Å². The van der Waals surface area contributed by atoms with Gasteiger partial charge < -0.3 is 9.84 Å². The first kappa shape index (κ1) is 11.8. The Morgan fingerprint density at radius 2 is 2.24 bits per heavy atom. The van der Waals surface area contributed by atoms with Gasteiger partial charge in [0.25, 0.3) is 0 Å². The molecule has 0 saturated heterocycles. The minimum absolute atomic E-state index is 0.151. The second kappa shape index (κ2) is 5.11. The number of para-hydroxylation sites is 1. The highest BCUT2D eigenvalue weighted by Crippen LogP contribution is 2.19. The number of hydrogen-bond donors (Lipinski definition) is 2. The van der Waals surface area contributed by atoms with Crippen LogP contribution in [0.25, 0.3) is 0 Å². The number of aromatic amines is 1. The molecule has 2 rings (SSSR count). The Morgan fingerprint density at radius 3 is 2.94 bits per heavy atom. The molecule has 0 aliphatic heterocycles. The molecular weight excluding hydrogens is 238 g/mol. The van der Waals surface area contributed by atoms with Gasteiger partial charge in [0.15, 0.2) is 10.6 Å². The van der Waals surface area contributed by atoms with Crippen molar-refractivity contribution >= 4 is 12.2 Å². The highest BCUT2D eigenvalue weighted by atomic mass is 32.1. The molecule has 1 aromatic heterocycles. The van der Waals surface area contributed by atoms with Crippen LogP contribution < -0.4 is 4.74 Å². The van der Waals surface area contributed by atoms with Gasteiger partial charge in [0, 0.05) is 5.56 Å². The maximum absolute atomic E-state index is 9.16. The smallest absolute Gasteiger partial charge is 0.195 e. The molecule has 2 aromatic rings. The van der Waals surface area contributed by atoms with Crippen molar-refractivity contribution in [3.8, 4) is 5.75 Å². The summed E-state index contributed by atoms with van der Waals surface area (Å²) in [5, 5.41) is 15.8. The molecule has 0 bridgehead atoms. The summed E-state index contributed by atoms with van der Waals surface area (Å²) in [5.74, 6) is 1.31. The average molecular weight is 251 g/mol. The summed E-state index contributed by atoms with van der Waals surface area (Å²) in [5.41, 5.74) is 0.988. The molecule has 0 radical (unpaired) electrons. The maximum atomic E-state index is 9.16. The molecule has 0 saturated carbocycles. The lowest BCUT2D eigenvalue weighted by molar-refractivity contribution is 0.265. The van der Waals surface area contributed by atoms with E-state index in [9.17, 15) is 0 Å². The van der Waals surface area contributed by atoms with Crippen LogP contribution in [0.5, 0.6) is 5.75 Å². The van der Waals surface area contributed by atoms with Crippen molar-refractivity contribution in [1.29, 1.82) is 0 Å². The number of H-pyrrole nitrogens is 1. The Labute approximate surface area is 104 Å². The first-order valence-corrected chi connectivity index (χ1v) is 5.54. The number of nitrogens with zero attached hydrogens (tertiary/aromatic N) is 2. The number of aromatic nitrogens is 3. The Kier molecular flexibility index (Phi) is 3.55. The van der Waals surface area contributed by atoms with E-state index in [1.54, 1.807) is 11.7 Å². The number of benzene rings is 1. The van der Waals surface area contributed by atoms with Crippen LogP contribution in [-0.2, 0) is 13.2 Å². The van der Waals surface area contributed by atoms with E-state index in [2.05, 4.69) is 10.2 Å². The van der Waals surface area contributed by atoms with Crippen LogP contribution in [0.15, 0.2) is 24.3 Å². The third-order valence-electron chi connectivity index (χ3n) is 2.50. The van der Waals surface area contributed by atoms with E-state index in [1.807, 2.05) is 24.3 Å². The fourth-order valence-electron chi connectivity index (χ4n) is 1.64. The minimum atomic E-state index is -0.151. The van der Waals surface area contributed by atoms with Crippen molar-refractivity contribution in [2.75, 3.05) is 7.11 Å². The maximum Gasteiger partial charge on any atom is 0.195 e. The summed E-state index contributed by atoms with van der Waals surface area (Å²) in [4.78, 5) is 0. The van der Waals surface area contributed by atoms with Crippen LogP contribution in [0.1, 0.15) is 11.4 Å². The molecular formula is C11H13N3O2S. The van der Waals surface area contributed by atoms with Gasteiger partial charge in [-0.2, -0.15) is 5.10 Å². The van der Waals surface area contributed by atoms with E-state index in [1.165, 1.54) is 0 Å². The number of methoxy groups -OCH3 is 1. The molecule has 1 heterocycles. The van der Waals surface area contributed by atoms with Crippen LogP contribution in [0.2, 0.25) is 0 Å². The number of aliphatic hydroxyl groups excluding tert-OH is 1. The molecule has 0 spiro atoms. The normalized spacial score (nSPS) is 10.5. The fourth-order valence-corrected chi connectivity index (χ4v) is 1.85. The van der Waals surface area contributed by atoms with Crippen LogP contribution in [0.4, 0.5) is 0 Å². The van der Waals surface area contributed by atoms with Crippen molar-refractivity contribution < 1.29 is 9.84 Å². The molecule has 0 fully saturated rings. The van der Waals surface area contributed by atoms with Crippen molar-refractivity contribution in [3.63, 3.8) is 0 Å². The number of rotatable bonds is 4. The first-order valence-electron chi connectivity index (χ1n) is 5.13. The van der Waals surface area contributed by atoms with Crippen molar-refractivity contribution in [2.45, 2.75) is 13.2 Å². The highest BCUT2D eigenvalue weighted by Gasteiger charge is 2.08. The lowest BCUT2D eigenvalue weighted by Crippen LogP contribution is -2.06. The SMILES string of the molecule is COc1ccccc1Cn1c(CO)n[nH]c1=S. The van der Waals surface area contributed by atoms with Gasteiger partial charge in [-0.15, -0.1) is 0 Å². The second-order valence-electron chi connectivity index (χ2n) is 3.50. The third kappa shape index (κ3) is 2.37. The Balaban J connectivity index is 2.37. The van der Waals surface area contributed by atoms with E-state index < -0.39 is 0 Å². The van der Waals surface area contributed by atoms with Gasteiger partial charge in [-0.1, -0.05) is 18.2 Å². The molecule has 0 amide bonds. The van der Waals surface area contributed by atoms with Crippen LogP contribution in [0, 0.1) is 4.77 Å². The standard InChI is InChI=1S/C11H13N3O2S/c1-16-9-5-3-2-4-8(9)6-14-10(7-15)12-13-11(14)17/h2-5,15H,6-7H2,1H3,(H,13,17). The predicted octanol–water partition coefficient (Wildman–Crippen LogP) is 1.49. The molecule has 6 heteroatoms. The molecule has 0 atom stereocenters. The highest BCUT2D eigenvalue weighted by molar-refractivity contribution is 7.71. The molecule has 90 valence electrons. The van der Waals surface area contributed by atoms with E-state index in [-0.39, 0.29) is 6.61 Å². The zero-order valence-corrected chi connectivity index (χ0v) is 10.2. The lowest BCUT2D eigenvalue weighted by atomic mass is 10.2. The minimum Gasteiger partial charge on any atom is -0.496 e. The molecule has 0 unspecified atom stereocenters. The monoisotopic (exact) mass is 251 g/mol. The van der Waals surface area contributed by atoms with Crippen molar-refractivity contribution in [1.82, 2.24) is 14.8 Å². The van der Waals surface area contributed by atoms with Gasteiger partial charge in [-0.25, -0.2) is 0 Å². The number of hydrogen-bond acceptors (Lipinski definition) is 4. The zero-order valence-electron chi connectivity index (χ0n) is 9.38. The van der Waals surface area contributed by atoms with E-state index in [0.717, 1.165) is 11.3 Å². The zero-order chi connectivity index (χ0) is 12.3. The third-order valence-corrected chi connectivity index (χ3v) is 2.81. The number of nitrogens with one attached hydrogen (secondary N) is 1. The summed E-state index contributed by atoms with van der Waals surface area (Å²) < 4.78 is 7.50. The van der Waals surface area contributed by atoms with Crippen molar-refractivity contribution in [3.05, 3.63) is 40.4 Å². The Hall–Kier alpha value is -1.66. The lowest BCUT2D eigenvalue weighted by Gasteiger charge is -2.09. The topological polar surface area (TPSA) is 63.1 Å². The van der Waals surface area contributed by atoms with E-state index >= 15 is 0 Å². The van der Waals surface area contributed by atoms with Crippen molar-refractivity contribution in [2.24, 2.45) is 0 Å². The summed E-state index contributed by atoms with van der Waals surface area (Å²) in [6, 6.07) is 7.68. The molecule has 0 aliphatic rings. The summed E-state index contributed by atoms with van der Waals surface area (Å²) in [6.45, 7) is 0.373. The molecule has 0 aliphatic carbocycles. The van der Waals surface area contributed by atoms with Gasteiger partial charge in [0.1, 0.15) is 12.4 Å². The largest absolute Gasteiger partial charge is 0.496 e. The van der Waals surface area contributed by atoms with Crippen LogP contribution in [0.3, 0.4) is 0 Å². The van der Waals surface area contributed by atoms with Gasteiger partial charge in [-0.05, 0) is 18.3 Å². The van der Waals surface area contributed by atoms with Crippen LogP contribution >= 0.6 is 12.2 Å². The second-order valence-corrected chi connectivity index (χ2v) is 3.89. The van der Waals surface area contributed by atoms with Gasteiger partial charge in [0.05, 0.1) is 13.7 Å². The summed E-state index contributed by atoms with van der Waals surface area (Å²) in [6.07, 6.45) is 0. The molecule has 17 heavy (non-hydrogen) atoms. The summed E-state index contributed by atoms with van der Waals surface area (Å²) >= 11 is 5.11. The molecule has 5 nitrogen and oxygen atoms in total. The molecule has 1 aromatic carbocycles. The first-order chi connectivity index (χ1) is 8.26. The predicted molar refractivity (Wildman–Crippen MR) is 65.4 cm³/mol. The van der Waals surface area contributed by atoms with E-state index in [4.69, 9.17) is 22.1 Å². The Morgan fingerprint density at radius 1 is 1.47 bits per heavy atom. The summed E-state index contributed by atoms with van der Waals surface area (Å²) in [7, 11) is 1.63. The average Bonchev–Trinajstić information content (AvgIpc) is 2.71. The Bertz CT molecular complexity index is 562. The van der Waals surface area contributed by atoms with Gasteiger partial charge in [0.2, 0.25) is 0 Å². The molecule has 2 N–H and O–H groups in total.